The molecular weight excluding hydrogens is 473 g/mol. The molecule has 0 saturated carbocycles. The molecule has 3 aromatic rings. The molecule has 0 heterocycles. The minimum absolute atomic E-state index is 0.175. The standard InChI is InChI=1S/C22H19BrFNO4S/c23-18-6-1-5-17(10-18)14-30(27,28)15-22(26)25-20-8-2-4-16(11-20)13-29-21-9-3-7-19(24)12-21/h1-12H,13-15H2,(H,25,26). The van der Waals surface area contributed by atoms with Gasteiger partial charge in [0.1, 0.15) is 23.9 Å². The van der Waals surface area contributed by atoms with E-state index in [2.05, 4.69) is 21.2 Å². The minimum Gasteiger partial charge on any atom is -0.489 e. The van der Waals surface area contributed by atoms with Gasteiger partial charge in [0, 0.05) is 16.2 Å². The zero-order valence-corrected chi connectivity index (χ0v) is 18.2. The van der Waals surface area contributed by atoms with Crippen LogP contribution in [0.3, 0.4) is 0 Å². The molecule has 5 nitrogen and oxygen atoms in total. The Morgan fingerprint density at radius 1 is 0.967 bits per heavy atom. The molecule has 0 atom stereocenters. The maximum atomic E-state index is 13.2. The quantitative estimate of drug-likeness (QED) is 0.494. The second-order valence-electron chi connectivity index (χ2n) is 6.66. The maximum absolute atomic E-state index is 13.2. The molecule has 1 N–H and O–H groups in total. The van der Waals surface area contributed by atoms with Crippen LogP contribution in [0.1, 0.15) is 11.1 Å². The zero-order valence-electron chi connectivity index (χ0n) is 15.8. The van der Waals surface area contributed by atoms with E-state index in [0.717, 1.165) is 10.0 Å². The van der Waals surface area contributed by atoms with Crippen LogP contribution in [0.15, 0.2) is 77.3 Å². The van der Waals surface area contributed by atoms with Crippen LogP contribution in [-0.2, 0) is 27.0 Å². The lowest BCUT2D eigenvalue weighted by atomic mass is 10.2. The molecular formula is C22H19BrFNO4S. The Morgan fingerprint density at radius 2 is 1.70 bits per heavy atom. The Hall–Kier alpha value is -2.71. The normalized spacial score (nSPS) is 11.1. The molecule has 8 heteroatoms. The van der Waals surface area contributed by atoms with Gasteiger partial charge in [0.05, 0.1) is 5.75 Å². The number of nitrogens with one attached hydrogen (secondary N) is 1. The highest BCUT2D eigenvalue weighted by molar-refractivity contribution is 9.10. The number of hydrogen-bond acceptors (Lipinski definition) is 4. The number of rotatable bonds is 8. The summed E-state index contributed by atoms with van der Waals surface area (Å²) in [4.78, 5) is 12.2. The third kappa shape index (κ3) is 6.96. The molecule has 0 aromatic heterocycles. The van der Waals surface area contributed by atoms with Crippen LogP contribution < -0.4 is 10.1 Å². The molecule has 0 unspecified atom stereocenters. The van der Waals surface area contributed by atoms with E-state index in [9.17, 15) is 17.6 Å². The van der Waals surface area contributed by atoms with Gasteiger partial charge in [0.25, 0.3) is 0 Å². The van der Waals surface area contributed by atoms with Gasteiger partial charge in [-0.05, 0) is 47.5 Å². The van der Waals surface area contributed by atoms with Crippen LogP contribution in [0, 0.1) is 5.82 Å². The van der Waals surface area contributed by atoms with Crippen molar-refractivity contribution in [1.82, 2.24) is 0 Å². The predicted octanol–water partition coefficient (Wildman–Crippen LogP) is 4.72. The van der Waals surface area contributed by atoms with Crippen molar-refractivity contribution in [2.45, 2.75) is 12.4 Å². The first-order chi connectivity index (χ1) is 14.3. The molecule has 0 fully saturated rings. The van der Waals surface area contributed by atoms with Crippen molar-refractivity contribution in [2.75, 3.05) is 11.1 Å². The Labute approximate surface area is 182 Å². The third-order valence-corrected chi connectivity index (χ3v) is 6.01. The summed E-state index contributed by atoms with van der Waals surface area (Å²) in [6.45, 7) is 0.175. The Morgan fingerprint density at radius 3 is 2.47 bits per heavy atom. The van der Waals surface area contributed by atoms with Crippen LogP contribution >= 0.6 is 15.9 Å². The lowest BCUT2D eigenvalue weighted by Gasteiger charge is -2.10. The van der Waals surface area contributed by atoms with E-state index >= 15 is 0 Å². The van der Waals surface area contributed by atoms with E-state index in [1.807, 2.05) is 0 Å². The molecule has 0 aliphatic carbocycles. The number of carbonyl (C=O) groups is 1. The van der Waals surface area contributed by atoms with Crippen molar-refractivity contribution < 1.29 is 22.3 Å². The molecule has 30 heavy (non-hydrogen) atoms. The summed E-state index contributed by atoms with van der Waals surface area (Å²) in [6.07, 6.45) is 0. The Balaban J connectivity index is 1.57. The second-order valence-corrected chi connectivity index (χ2v) is 9.64. The largest absolute Gasteiger partial charge is 0.489 e. The summed E-state index contributed by atoms with van der Waals surface area (Å²) in [5.41, 5.74) is 1.81. The third-order valence-electron chi connectivity index (χ3n) is 4.04. The van der Waals surface area contributed by atoms with Gasteiger partial charge < -0.3 is 10.1 Å². The average molecular weight is 492 g/mol. The van der Waals surface area contributed by atoms with E-state index < -0.39 is 27.3 Å². The SMILES string of the molecule is O=C(CS(=O)(=O)Cc1cccc(Br)c1)Nc1cccc(COc2cccc(F)c2)c1. The number of carbonyl (C=O) groups excluding carboxylic acids is 1. The molecule has 3 rings (SSSR count). The summed E-state index contributed by atoms with van der Waals surface area (Å²) in [5, 5.41) is 2.60. The summed E-state index contributed by atoms with van der Waals surface area (Å²) >= 11 is 3.30. The molecule has 0 saturated heterocycles. The zero-order chi connectivity index (χ0) is 21.6. The molecule has 0 bridgehead atoms. The molecule has 0 spiro atoms. The van der Waals surface area contributed by atoms with Crippen LogP contribution in [0.2, 0.25) is 0 Å². The first kappa shape index (κ1) is 22.0. The molecule has 0 aliphatic heterocycles. The van der Waals surface area contributed by atoms with E-state index in [-0.39, 0.29) is 12.4 Å². The Kier molecular flexibility index (Phi) is 7.23. The minimum atomic E-state index is -3.62. The number of halogens is 2. The molecule has 156 valence electrons. The number of benzene rings is 3. The van der Waals surface area contributed by atoms with Gasteiger partial charge in [-0.3, -0.25) is 4.79 Å². The number of ether oxygens (including phenoxy) is 1. The van der Waals surface area contributed by atoms with Crippen molar-refractivity contribution in [1.29, 1.82) is 0 Å². The highest BCUT2D eigenvalue weighted by Gasteiger charge is 2.18. The first-order valence-corrected chi connectivity index (χ1v) is 11.6. The number of sulfone groups is 1. The van der Waals surface area contributed by atoms with E-state index in [0.29, 0.717) is 17.0 Å². The van der Waals surface area contributed by atoms with Crippen LogP contribution in [0.4, 0.5) is 10.1 Å². The molecule has 1 amide bonds. The smallest absolute Gasteiger partial charge is 0.239 e. The maximum Gasteiger partial charge on any atom is 0.239 e. The fourth-order valence-corrected chi connectivity index (χ4v) is 4.50. The van der Waals surface area contributed by atoms with E-state index in [1.54, 1.807) is 60.7 Å². The second kappa shape index (κ2) is 9.86. The Bertz CT molecular complexity index is 1150. The number of anilines is 1. The van der Waals surface area contributed by atoms with Gasteiger partial charge in [-0.1, -0.05) is 46.3 Å². The van der Waals surface area contributed by atoms with Gasteiger partial charge >= 0.3 is 0 Å². The number of hydrogen-bond donors (Lipinski definition) is 1. The fourth-order valence-electron chi connectivity index (χ4n) is 2.79. The van der Waals surface area contributed by atoms with Gasteiger partial charge in [-0.25, -0.2) is 12.8 Å². The monoisotopic (exact) mass is 491 g/mol. The van der Waals surface area contributed by atoms with Gasteiger partial charge in [0.2, 0.25) is 5.91 Å². The van der Waals surface area contributed by atoms with Crippen LogP contribution in [0.25, 0.3) is 0 Å². The predicted molar refractivity (Wildman–Crippen MR) is 117 cm³/mol. The molecule has 0 aliphatic rings. The molecule has 3 aromatic carbocycles. The van der Waals surface area contributed by atoms with Crippen molar-refractivity contribution in [3.05, 3.63) is 94.2 Å². The van der Waals surface area contributed by atoms with E-state index in [1.165, 1.54) is 12.1 Å². The van der Waals surface area contributed by atoms with Crippen LogP contribution in [-0.4, -0.2) is 20.1 Å². The summed E-state index contributed by atoms with van der Waals surface area (Å²) in [6, 6.07) is 19.6. The lowest BCUT2D eigenvalue weighted by Crippen LogP contribution is -2.24. The summed E-state index contributed by atoms with van der Waals surface area (Å²) in [5.74, 6) is -1.46. The summed E-state index contributed by atoms with van der Waals surface area (Å²) in [7, 11) is -3.62. The molecule has 0 radical (unpaired) electrons. The lowest BCUT2D eigenvalue weighted by molar-refractivity contribution is -0.113. The number of amides is 1. The first-order valence-electron chi connectivity index (χ1n) is 9.01. The summed E-state index contributed by atoms with van der Waals surface area (Å²) < 4.78 is 44.2. The van der Waals surface area contributed by atoms with Crippen molar-refractivity contribution in [3.8, 4) is 5.75 Å². The van der Waals surface area contributed by atoms with Crippen molar-refractivity contribution >= 4 is 37.4 Å². The highest BCUT2D eigenvalue weighted by atomic mass is 79.9. The van der Waals surface area contributed by atoms with Gasteiger partial charge in [-0.2, -0.15) is 0 Å². The fraction of sp³-hybridized carbons (Fsp3) is 0.136. The van der Waals surface area contributed by atoms with Gasteiger partial charge in [-0.15, -0.1) is 0 Å². The van der Waals surface area contributed by atoms with Crippen molar-refractivity contribution in [2.24, 2.45) is 0 Å². The van der Waals surface area contributed by atoms with E-state index in [4.69, 9.17) is 4.74 Å². The van der Waals surface area contributed by atoms with Gasteiger partial charge in [0.15, 0.2) is 9.84 Å². The van der Waals surface area contributed by atoms with Crippen LogP contribution in [0.5, 0.6) is 5.75 Å². The topological polar surface area (TPSA) is 72.5 Å². The van der Waals surface area contributed by atoms with Crippen molar-refractivity contribution in [3.63, 3.8) is 0 Å². The highest BCUT2D eigenvalue weighted by Crippen LogP contribution is 2.17. The average Bonchev–Trinajstić information content (AvgIpc) is 2.66.